The van der Waals surface area contributed by atoms with Crippen LogP contribution in [0.2, 0.25) is 0 Å². The molecule has 4 heteroatoms. The molecule has 8 bridgehead atoms. The van der Waals surface area contributed by atoms with Crippen LogP contribution in [0.5, 0.6) is 0 Å². The summed E-state index contributed by atoms with van der Waals surface area (Å²) in [5, 5.41) is 22.6. The van der Waals surface area contributed by atoms with Gasteiger partial charge in [0.05, 0.1) is 44.8 Å². The van der Waals surface area contributed by atoms with Crippen molar-refractivity contribution in [2.24, 2.45) is 0 Å². The first-order valence-corrected chi connectivity index (χ1v) is 41.4. The van der Waals surface area contributed by atoms with Crippen molar-refractivity contribution in [3.8, 4) is 134 Å². The van der Waals surface area contributed by atoms with Crippen LogP contribution in [0.3, 0.4) is 0 Å². The maximum atomic E-state index is 6.58. The number of hydrogen-bond donors (Lipinski definition) is 2. The molecule has 0 unspecified atom stereocenters. The summed E-state index contributed by atoms with van der Waals surface area (Å²) in [7, 11) is 0. The summed E-state index contributed by atoms with van der Waals surface area (Å²) < 4.78 is 0. The van der Waals surface area contributed by atoms with Gasteiger partial charge in [0.2, 0.25) is 0 Å². The lowest BCUT2D eigenvalue weighted by atomic mass is 9.90. The van der Waals surface area contributed by atoms with Crippen molar-refractivity contribution in [1.29, 1.82) is 0 Å². The predicted molar refractivity (Wildman–Crippen MR) is 508 cm³/mol. The Morgan fingerprint density at radius 2 is 0.292 bits per heavy atom. The number of H-pyrrole nitrogens is 2. The molecule has 0 fully saturated rings. The second-order valence-corrected chi connectivity index (χ2v) is 32.4. The molecule has 4 nitrogen and oxygen atoms in total. The average molecular weight is 1520 g/mol. The maximum absolute atomic E-state index is 6.58. The fourth-order valence-corrected chi connectivity index (χ4v) is 19.6. The summed E-state index contributed by atoms with van der Waals surface area (Å²) in [6.07, 6.45) is 0. The van der Waals surface area contributed by atoms with Crippen LogP contribution in [0.1, 0.15) is 0 Å². The first-order chi connectivity index (χ1) is 59.4. The van der Waals surface area contributed by atoms with Crippen molar-refractivity contribution in [3.63, 3.8) is 0 Å². The zero-order valence-corrected chi connectivity index (χ0v) is 65.2. The fourth-order valence-electron chi connectivity index (χ4n) is 19.6. The van der Waals surface area contributed by atoms with Crippen LogP contribution in [-0.2, 0) is 0 Å². The molecule has 3 aliphatic rings. The lowest BCUT2D eigenvalue weighted by Gasteiger charge is -2.12. The lowest BCUT2D eigenvalue weighted by molar-refractivity contribution is 1.39. The van der Waals surface area contributed by atoms with Crippen LogP contribution in [0.4, 0.5) is 0 Å². The van der Waals surface area contributed by atoms with E-state index in [2.05, 4.69) is 422 Å². The third-order valence-corrected chi connectivity index (χ3v) is 25.5. The van der Waals surface area contributed by atoms with Gasteiger partial charge in [0.1, 0.15) is 0 Å². The van der Waals surface area contributed by atoms with Gasteiger partial charge in [-0.05, 0) is 250 Å². The van der Waals surface area contributed by atoms with E-state index in [1.807, 2.05) is 0 Å². The van der Waals surface area contributed by atoms with E-state index in [9.17, 15) is 0 Å². The Bertz CT molecular complexity index is 7460. The van der Waals surface area contributed by atoms with Gasteiger partial charge in [-0.15, -0.1) is 0 Å². The predicted octanol–water partition coefficient (Wildman–Crippen LogP) is 31.9. The van der Waals surface area contributed by atoms with Crippen LogP contribution >= 0.6 is 0 Å². The van der Waals surface area contributed by atoms with Gasteiger partial charge in [0, 0.05) is 66.1 Å². The van der Waals surface area contributed by atoms with Crippen molar-refractivity contribution in [1.82, 2.24) is 19.9 Å². The highest BCUT2D eigenvalue weighted by molar-refractivity contribution is 6.26. The molecule has 0 saturated heterocycles. The Balaban J connectivity index is 0.954. The number of fused-ring (bicyclic) bond motifs is 8. The van der Waals surface area contributed by atoms with Crippen LogP contribution in [-0.4, -0.2) is 19.9 Å². The van der Waals surface area contributed by atoms with E-state index < -0.39 is 0 Å². The first-order valence-electron chi connectivity index (χ1n) is 41.4. The van der Waals surface area contributed by atoms with E-state index in [0.717, 1.165) is 221 Å². The van der Waals surface area contributed by atoms with E-state index in [4.69, 9.17) is 9.97 Å². The number of benzene rings is 20. The Morgan fingerprint density at radius 1 is 0.133 bits per heavy atom. The standard InChI is InChI=1S/C116H70N4/c1-5-21-69(22-6-1)73-37-45-77(46-38-73)105-109-97-61-89-53-81-29-13-15-31-83(81)55-91(89)63-99(97)111(117-109)106(78-47-39-74(40-48-78)70-23-7-2-8-24-70)113-101-65-93-57-85-33-17-19-35-87(85)59-95(93)67-103(101)115(119-113)108(80-51-43-76(44-52-80)72-27-11-4-12-28-72)116-104-68-96-60-88-36-20-18-34-86(88)58-94(96)66-102(104)114(120-116)107(79-49-41-75(42-50-79)71-25-9-3-10-26-71)112-100-64-92-56-84-32-16-14-30-82(84)54-90(92)62-98(100)110(105)118-112/h1-68,117,120H. The van der Waals surface area contributed by atoms with Crippen LogP contribution in [0.25, 0.3) is 264 Å². The molecule has 0 amide bonds. The third kappa shape index (κ3) is 11.0. The van der Waals surface area contributed by atoms with Gasteiger partial charge < -0.3 is 9.97 Å². The zero-order chi connectivity index (χ0) is 78.6. The minimum atomic E-state index is 0.853. The molecule has 4 heterocycles. The van der Waals surface area contributed by atoms with Gasteiger partial charge in [-0.3, -0.25) is 0 Å². The van der Waals surface area contributed by atoms with Gasteiger partial charge in [0.25, 0.3) is 0 Å². The molecule has 1 aliphatic carbocycles. The maximum Gasteiger partial charge on any atom is 0.0816 e. The largest absolute Gasteiger partial charge is 0.353 e. The minimum Gasteiger partial charge on any atom is -0.353 e. The molecule has 20 aromatic carbocycles. The van der Waals surface area contributed by atoms with Crippen LogP contribution in [0, 0.1) is 0 Å². The van der Waals surface area contributed by atoms with E-state index in [1.54, 1.807) is 0 Å². The molecule has 25 rings (SSSR count). The van der Waals surface area contributed by atoms with E-state index in [1.165, 1.54) is 43.1 Å². The molecule has 2 N–H and O–H groups in total. The third-order valence-electron chi connectivity index (χ3n) is 25.5. The van der Waals surface area contributed by atoms with Gasteiger partial charge in [0.15, 0.2) is 0 Å². The Labute approximate surface area is 691 Å². The monoisotopic (exact) mass is 1520 g/mol. The van der Waals surface area contributed by atoms with Crippen molar-refractivity contribution >= 4 is 130 Å². The molecule has 554 valence electrons. The summed E-state index contributed by atoms with van der Waals surface area (Å²) in [6.45, 7) is 0. The number of aromatic nitrogens is 4. The summed E-state index contributed by atoms with van der Waals surface area (Å²) in [4.78, 5) is 22.2. The van der Waals surface area contributed by atoms with E-state index >= 15 is 0 Å². The van der Waals surface area contributed by atoms with Crippen molar-refractivity contribution in [2.45, 2.75) is 0 Å². The van der Waals surface area contributed by atoms with Crippen molar-refractivity contribution < 1.29 is 0 Å². The van der Waals surface area contributed by atoms with Gasteiger partial charge in [-0.2, -0.15) is 0 Å². The molecule has 0 radical (unpaired) electrons. The van der Waals surface area contributed by atoms with Gasteiger partial charge in [-0.25, -0.2) is 9.97 Å². The molecular weight excluding hydrogens is 1450 g/mol. The second-order valence-electron chi connectivity index (χ2n) is 32.4. The summed E-state index contributed by atoms with van der Waals surface area (Å²) in [5.74, 6) is 0. The fraction of sp³-hybridized carbons (Fsp3) is 0. The quantitative estimate of drug-likeness (QED) is 0.149. The molecule has 0 saturated carbocycles. The SMILES string of the molecule is c1ccc(-c2ccc(-c3c4nc(c(-c5ccc(-c6ccccc6)cc5)c5[nH]c(c(-c6ccc(-c7ccccc7)cc6)c6nc(c(-c7ccc(-c8ccccc8)cc7)c7[nH]c3c3cc8cc9ccccc9cc8cc73)-c3cc7cc8ccccc8cc7cc3-6)c3cc6cc7ccccc7cc6cc53)-c3cc5cc6ccccc6cc5cc3-4)cc2)cc1. The summed E-state index contributed by atoms with van der Waals surface area (Å²) in [5.41, 5.74) is 28.3. The number of nitrogens with zero attached hydrogens (tertiary/aromatic N) is 2. The molecular formula is C116H70N4. The topological polar surface area (TPSA) is 57.4 Å². The highest BCUT2D eigenvalue weighted by Gasteiger charge is 2.32. The zero-order valence-electron chi connectivity index (χ0n) is 65.2. The molecule has 22 aromatic rings. The smallest absolute Gasteiger partial charge is 0.0816 e. The normalized spacial score (nSPS) is 12.0. The van der Waals surface area contributed by atoms with Crippen LogP contribution < -0.4 is 0 Å². The van der Waals surface area contributed by atoms with E-state index in [-0.39, 0.29) is 0 Å². The number of nitrogens with one attached hydrogen (secondary N) is 2. The average Bonchev–Trinajstić information content (AvgIpc) is 1.54. The molecule has 120 heavy (non-hydrogen) atoms. The first kappa shape index (κ1) is 67.5. The summed E-state index contributed by atoms with van der Waals surface area (Å²) >= 11 is 0. The number of rotatable bonds is 8. The molecule has 0 atom stereocenters. The Morgan fingerprint density at radius 3 is 0.483 bits per heavy atom. The highest BCUT2D eigenvalue weighted by Crippen LogP contribution is 2.55. The van der Waals surface area contributed by atoms with Crippen molar-refractivity contribution in [2.75, 3.05) is 0 Å². The molecule has 2 aliphatic heterocycles. The summed E-state index contributed by atoms with van der Waals surface area (Å²) in [6, 6.07) is 154. The van der Waals surface area contributed by atoms with Crippen LogP contribution in [0.15, 0.2) is 413 Å². The van der Waals surface area contributed by atoms with Gasteiger partial charge >= 0.3 is 0 Å². The molecule has 2 aromatic heterocycles. The minimum absolute atomic E-state index is 0.853. The van der Waals surface area contributed by atoms with Crippen molar-refractivity contribution in [3.05, 3.63) is 413 Å². The highest BCUT2D eigenvalue weighted by atomic mass is 14.8. The Kier molecular flexibility index (Phi) is 15.1. The lowest BCUT2D eigenvalue weighted by Crippen LogP contribution is -1.89. The van der Waals surface area contributed by atoms with E-state index in [0.29, 0.717) is 0 Å². The Hall–Kier alpha value is -15.9. The van der Waals surface area contributed by atoms with Gasteiger partial charge in [-0.1, -0.05) is 315 Å². The molecule has 0 spiro atoms. The number of aromatic amines is 2. The second kappa shape index (κ2) is 26.9. The number of hydrogen-bond acceptors (Lipinski definition) is 2.